The van der Waals surface area contributed by atoms with E-state index in [1.807, 2.05) is 12.3 Å². The topological polar surface area (TPSA) is 50.9 Å². The predicted octanol–water partition coefficient (Wildman–Crippen LogP) is 3.22. The van der Waals surface area contributed by atoms with Gasteiger partial charge in [0.25, 0.3) is 0 Å². The number of rotatable bonds is 4. The molecule has 0 saturated heterocycles. The van der Waals surface area contributed by atoms with Crippen LogP contribution in [0, 0.1) is 11.6 Å². The largest absolute Gasteiger partial charge is 0.395 e. The lowest BCUT2D eigenvalue weighted by Crippen LogP contribution is -2.11. The Bertz CT molecular complexity index is 528. The Labute approximate surface area is 108 Å². The van der Waals surface area contributed by atoms with E-state index in [-0.39, 0.29) is 17.3 Å². The Kier molecular flexibility index (Phi) is 3.76. The van der Waals surface area contributed by atoms with Crippen LogP contribution in [0.3, 0.4) is 0 Å². The van der Waals surface area contributed by atoms with Crippen LogP contribution in [0.25, 0.3) is 0 Å². The van der Waals surface area contributed by atoms with Crippen LogP contribution < -0.4 is 11.1 Å². The number of thiazole rings is 1. The molecule has 0 aliphatic carbocycles. The number of nitrogens with one attached hydrogen (secondary N) is 1. The van der Waals surface area contributed by atoms with E-state index in [9.17, 15) is 8.78 Å². The molecule has 3 N–H and O–H groups in total. The molecule has 1 atom stereocenters. The van der Waals surface area contributed by atoms with E-state index in [4.69, 9.17) is 5.73 Å². The zero-order chi connectivity index (χ0) is 13.1. The zero-order valence-electron chi connectivity index (χ0n) is 9.78. The van der Waals surface area contributed by atoms with Gasteiger partial charge >= 0.3 is 0 Å². The van der Waals surface area contributed by atoms with Crippen molar-refractivity contribution in [3.05, 3.63) is 40.4 Å². The zero-order valence-corrected chi connectivity index (χ0v) is 10.6. The Hall–Kier alpha value is -1.69. The summed E-state index contributed by atoms with van der Waals surface area (Å²) in [5.41, 5.74) is 5.75. The third kappa shape index (κ3) is 2.76. The molecule has 0 spiro atoms. The second-order valence-corrected chi connectivity index (χ2v) is 4.93. The number of nitrogens with two attached hydrogens (primary N) is 1. The third-order valence-corrected chi connectivity index (χ3v) is 3.57. The molecule has 1 heterocycles. The van der Waals surface area contributed by atoms with Gasteiger partial charge < -0.3 is 11.1 Å². The molecule has 0 fully saturated rings. The normalized spacial score (nSPS) is 12.4. The van der Waals surface area contributed by atoms with Crippen molar-refractivity contribution in [1.82, 2.24) is 4.98 Å². The summed E-state index contributed by atoms with van der Waals surface area (Å²) in [6, 6.07) is 1.96. The van der Waals surface area contributed by atoms with Gasteiger partial charge in [-0.15, -0.1) is 11.3 Å². The minimum absolute atomic E-state index is 0.0669. The molecule has 0 aliphatic rings. The fourth-order valence-corrected chi connectivity index (χ4v) is 2.26. The first-order chi connectivity index (χ1) is 8.58. The molecule has 6 heteroatoms. The number of nitrogens with zero attached hydrogens (tertiary/aromatic N) is 1. The lowest BCUT2D eigenvalue weighted by molar-refractivity contribution is 0.587. The quantitative estimate of drug-likeness (QED) is 0.838. The van der Waals surface area contributed by atoms with E-state index in [0.717, 1.165) is 11.1 Å². The van der Waals surface area contributed by atoms with Crippen LogP contribution in [0.15, 0.2) is 23.7 Å². The van der Waals surface area contributed by atoms with Crippen molar-refractivity contribution in [3.63, 3.8) is 0 Å². The number of halogens is 2. The molecular weight excluding hydrogens is 256 g/mol. The van der Waals surface area contributed by atoms with Crippen molar-refractivity contribution in [3.8, 4) is 0 Å². The van der Waals surface area contributed by atoms with Gasteiger partial charge in [0.2, 0.25) is 0 Å². The minimum atomic E-state index is -0.751. The second-order valence-electron chi connectivity index (χ2n) is 4.00. The number of hydrogen-bond acceptors (Lipinski definition) is 4. The van der Waals surface area contributed by atoms with Gasteiger partial charge in [-0.25, -0.2) is 13.8 Å². The molecule has 1 unspecified atom stereocenters. The Morgan fingerprint density at radius 1 is 1.44 bits per heavy atom. The molecule has 0 aliphatic heterocycles. The van der Waals surface area contributed by atoms with Gasteiger partial charge in [-0.05, 0) is 6.07 Å². The average Bonchev–Trinajstić information content (AvgIpc) is 2.85. The van der Waals surface area contributed by atoms with Gasteiger partial charge in [-0.2, -0.15) is 0 Å². The molecule has 0 amide bonds. The number of benzene rings is 1. The fraction of sp³-hybridized carbons (Fsp3) is 0.250. The molecule has 2 aromatic rings. The highest BCUT2D eigenvalue weighted by Crippen LogP contribution is 2.25. The summed E-state index contributed by atoms with van der Waals surface area (Å²) in [7, 11) is 0. The molecule has 1 aromatic heterocycles. The molecule has 18 heavy (non-hydrogen) atoms. The van der Waals surface area contributed by atoms with Crippen molar-refractivity contribution in [2.75, 3.05) is 17.6 Å². The first-order valence-electron chi connectivity index (χ1n) is 5.45. The lowest BCUT2D eigenvalue weighted by atomic mass is 10.2. The lowest BCUT2D eigenvalue weighted by Gasteiger charge is -2.13. The van der Waals surface area contributed by atoms with Crippen LogP contribution in [-0.2, 0) is 0 Å². The molecule has 2 rings (SSSR count). The van der Waals surface area contributed by atoms with Crippen molar-refractivity contribution in [1.29, 1.82) is 0 Å². The number of anilines is 2. The summed E-state index contributed by atoms with van der Waals surface area (Å²) < 4.78 is 26.3. The molecular formula is C12H13F2N3S. The Balaban J connectivity index is 2.06. The first-order valence-corrected chi connectivity index (χ1v) is 6.33. The van der Waals surface area contributed by atoms with Crippen molar-refractivity contribution >= 4 is 22.7 Å². The standard InChI is InChI=1S/C12H13F2N3S/c1-7(12-16-2-3-18-12)6-17-10-5-8(13)4-9(14)11(10)15/h2-5,7,17H,6,15H2,1H3. The summed E-state index contributed by atoms with van der Waals surface area (Å²) >= 11 is 1.55. The summed E-state index contributed by atoms with van der Waals surface area (Å²) in [5.74, 6) is -1.25. The van der Waals surface area contributed by atoms with E-state index in [0.29, 0.717) is 6.54 Å². The molecule has 1 aromatic carbocycles. The van der Waals surface area contributed by atoms with E-state index < -0.39 is 11.6 Å². The van der Waals surface area contributed by atoms with Crippen LogP contribution in [0.5, 0.6) is 0 Å². The average molecular weight is 269 g/mol. The van der Waals surface area contributed by atoms with Crippen LogP contribution in [0.4, 0.5) is 20.2 Å². The monoisotopic (exact) mass is 269 g/mol. The molecule has 96 valence electrons. The van der Waals surface area contributed by atoms with Crippen LogP contribution in [0.1, 0.15) is 17.8 Å². The summed E-state index contributed by atoms with van der Waals surface area (Å²) in [6.07, 6.45) is 1.73. The summed E-state index contributed by atoms with van der Waals surface area (Å²) in [5, 5.41) is 5.81. The van der Waals surface area contributed by atoms with E-state index in [1.54, 1.807) is 17.5 Å². The highest BCUT2D eigenvalue weighted by Gasteiger charge is 2.11. The first kappa shape index (κ1) is 12.8. The molecule has 0 bridgehead atoms. The Morgan fingerprint density at radius 3 is 2.89 bits per heavy atom. The summed E-state index contributed by atoms with van der Waals surface area (Å²) in [6.45, 7) is 2.50. The van der Waals surface area contributed by atoms with Gasteiger partial charge in [-0.3, -0.25) is 0 Å². The maximum Gasteiger partial charge on any atom is 0.151 e. The highest BCUT2D eigenvalue weighted by molar-refractivity contribution is 7.09. The van der Waals surface area contributed by atoms with Crippen molar-refractivity contribution in [2.24, 2.45) is 0 Å². The predicted molar refractivity (Wildman–Crippen MR) is 69.8 cm³/mol. The van der Waals surface area contributed by atoms with Crippen LogP contribution in [-0.4, -0.2) is 11.5 Å². The maximum atomic E-state index is 13.2. The van der Waals surface area contributed by atoms with Gasteiger partial charge in [-0.1, -0.05) is 6.92 Å². The number of nitrogen functional groups attached to an aromatic ring is 1. The highest BCUT2D eigenvalue weighted by atomic mass is 32.1. The van der Waals surface area contributed by atoms with Gasteiger partial charge in [0, 0.05) is 30.1 Å². The number of hydrogen-bond donors (Lipinski definition) is 2. The van der Waals surface area contributed by atoms with Crippen molar-refractivity contribution < 1.29 is 8.78 Å². The van der Waals surface area contributed by atoms with Crippen molar-refractivity contribution in [2.45, 2.75) is 12.8 Å². The van der Waals surface area contributed by atoms with Gasteiger partial charge in [0.1, 0.15) is 5.82 Å². The third-order valence-electron chi connectivity index (χ3n) is 2.57. The molecule has 3 nitrogen and oxygen atoms in total. The Morgan fingerprint density at radius 2 is 2.22 bits per heavy atom. The SMILES string of the molecule is CC(CNc1cc(F)cc(F)c1N)c1nccs1. The van der Waals surface area contributed by atoms with Gasteiger partial charge in [0.05, 0.1) is 16.4 Å². The van der Waals surface area contributed by atoms with Gasteiger partial charge in [0.15, 0.2) is 5.82 Å². The van der Waals surface area contributed by atoms with E-state index in [2.05, 4.69) is 10.3 Å². The molecule has 0 saturated carbocycles. The number of aromatic nitrogens is 1. The second kappa shape index (κ2) is 5.30. The maximum absolute atomic E-state index is 13.2. The smallest absolute Gasteiger partial charge is 0.151 e. The van der Waals surface area contributed by atoms with Crippen LogP contribution in [0.2, 0.25) is 0 Å². The minimum Gasteiger partial charge on any atom is -0.395 e. The van der Waals surface area contributed by atoms with E-state index >= 15 is 0 Å². The fourth-order valence-electron chi connectivity index (χ4n) is 1.56. The summed E-state index contributed by atoms with van der Waals surface area (Å²) in [4.78, 5) is 4.19. The molecule has 0 radical (unpaired) electrons. The van der Waals surface area contributed by atoms with E-state index in [1.165, 1.54) is 6.07 Å². The van der Waals surface area contributed by atoms with Crippen LogP contribution >= 0.6 is 11.3 Å².